The van der Waals surface area contributed by atoms with Crippen LogP contribution in [-0.4, -0.2) is 41.3 Å². The lowest BCUT2D eigenvalue weighted by Crippen LogP contribution is -2.47. The summed E-state index contributed by atoms with van der Waals surface area (Å²) in [6.45, 7) is 8.94. The first-order valence-corrected chi connectivity index (χ1v) is 6.46. The summed E-state index contributed by atoms with van der Waals surface area (Å²) in [6.07, 6.45) is 0.119. The van der Waals surface area contributed by atoms with Gasteiger partial charge in [-0.25, -0.2) is 0 Å². The minimum Gasteiger partial charge on any atom is -0.588 e. The highest BCUT2D eigenvalue weighted by atomic mass is 17.1. The second kappa shape index (κ2) is 6.07. The van der Waals surface area contributed by atoms with Crippen LogP contribution < -0.4 is 5.26 Å². The zero-order valence-electron chi connectivity index (χ0n) is 12.3. The van der Waals surface area contributed by atoms with Gasteiger partial charge in [0.05, 0.1) is 18.8 Å². The van der Waals surface area contributed by atoms with E-state index in [-0.39, 0.29) is 31.2 Å². The lowest BCUT2D eigenvalue weighted by molar-refractivity contribution is -1.05. The Kier molecular flexibility index (Phi) is 5.18. The van der Waals surface area contributed by atoms with Crippen molar-refractivity contribution in [2.45, 2.75) is 71.1 Å². The van der Waals surface area contributed by atoms with Crippen LogP contribution in [0.2, 0.25) is 0 Å². The van der Waals surface area contributed by atoms with Gasteiger partial charge < -0.3 is 24.6 Å². The van der Waals surface area contributed by atoms with Crippen LogP contribution in [0.5, 0.6) is 0 Å². The average Bonchev–Trinajstić information content (AvgIpc) is 2.24. The summed E-state index contributed by atoms with van der Waals surface area (Å²) < 4.78 is 20.7. The third kappa shape index (κ3) is 5.76. The van der Waals surface area contributed by atoms with Crippen molar-refractivity contribution in [2.75, 3.05) is 6.61 Å². The van der Waals surface area contributed by atoms with E-state index in [9.17, 15) is 10.4 Å². The van der Waals surface area contributed by atoms with E-state index in [0.29, 0.717) is 6.42 Å². The van der Waals surface area contributed by atoms with Crippen LogP contribution >= 0.6 is 0 Å². The molecule has 0 aromatic carbocycles. The van der Waals surface area contributed by atoms with E-state index in [1.807, 2.05) is 20.8 Å². The SMILES string of the molecule is CC(C)(C)OC(C[C@H]1C[C@@H](CO)OC(C)(C)O1)=[O+][O-]. The fourth-order valence-electron chi connectivity index (χ4n) is 2.08. The smallest absolute Gasteiger partial charge is 0.500 e. The Bertz CT molecular complexity index is 318. The molecular weight excluding hydrogens is 252 g/mol. The normalized spacial score (nSPS) is 28.2. The first kappa shape index (κ1) is 16.2. The largest absolute Gasteiger partial charge is 0.588 e. The molecule has 1 aliphatic heterocycles. The van der Waals surface area contributed by atoms with Gasteiger partial charge in [-0.1, -0.05) is 0 Å². The average molecular weight is 276 g/mol. The van der Waals surface area contributed by atoms with E-state index < -0.39 is 11.4 Å². The van der Waals surface area contributed by atoms with Crippen LogP contribution in [0.25, 0.3) is 0 Å². The Hall–Kier alpha value is -0.850. The van der Waals surface area contributed by atoms with Gasteiger partial charge in [0.25, 0.3) is 0 Å². The number of aliphatic hydroxyl groups is 1. The molecule has 0 radical (unpaired) electrons. The van der Waals surface area contributed by atoms with E-state index in [1.165, 1.54) is 0 Å². The maximum absolute atomic E-state index is 10.7. The Morgan fingerprint density at radius 1 is 1.37 bits per heavy atom. The third-order valence-electron chi connectivity index (χ3n) is 2.54. The van der Waals surface area contributed by atoms with Crippen molar-refractivity contribution < 1.29 is 29.1 Å². The quantitative estimate of drug-likeness (QED) is 0.350. The second-order valence-electron chi connectivity index (χ2n) is 6.17. The molecular formula is C13H24O6. The van der Waals surface area contributed by atoms with Gasteiger partial charge in [-0.2, -0.15) is 0 Å². The maximum Gasteiger partial charge on any atom is 0.500 e. The molecule has 1 aliphatic rings. The molecule has 0 bridgehead atoms. The molecule has 6 heteroatoms. The first-order valence-electron chi connectivity index (χ1n) is 6.46. The molecule has 0 amide bonds. The van der Waals surface area contributed by atoms with Crippen molar-refractivity contribution in [2.24, 2.45) is 0 Å². The number of esters is 1. The van der Waals surface area contributed by atoms with Gasteiger partial charge in [-0.15, -0.1) is 0 Å². The highest BCUT2D eigenvalue weighted by Crippen LogP contribution is 2.28. The molecule has 112 valence electrons. The number of hydrogen-bond donors (Lipinski definition) is 1. The van der Waals surface area contributed by atoms with Crippen LogP contribution in [0.4, 0.5) is 0 Å². The van der Waals surface area contributed by atoms with Crippen LogP contribution in [0.3, 0.4) is 0 Å². The van der Waals surface area contributed by atoms with Crippen LogP contribution in [-0.2, 0) is 18.8 Å². The molecule has 0 aliphatic carbocycles. The van der Waals surface area contributed by atoms with Gasteiger partial charge >= 0.3 is 5.97 Å². The Morgan fingerprint density at radius 3 is 2.42 bits per heavy atom. The summed E-state index contributed by atoms with van der Waals surface area (Å²) in [5.41, 5.74) is -0.503. The minimum atomic E-state index is -0.800. The van der Waals surface area contributed by atoms with E-state index in [1.54, 1.807) is 13.8 Å². The molecule has 0 aromatic heterocycles. The summed E-state index contributed by atoms with van der Waals surface area (Å²) in [7, 11) is 0. The first-order chi connectivity index (χ1) is 8.65. The van der Waals surface area contributed by atoms with Crippen molar-refractivity contribution in [3.05, 3.63) is 0 Å². The standard InChI is InChI=1S/C13H24O6/c1-12(2,3)18-11(19-15)7-9-6-10(8-14)17-13(4,5)16-9/h9-10,14H,6-8H2,1-5H3/t9-,10+/m1/s1. The van der Waals surface area contributed by atoms with Crippen molar-refractivity contribution in [3.63, 3.8) is 0 Å². The number of aliphatic hydroxyl groups excluding tert-OH is 1. The van der Waals surface area contributed by atoms with Crippen LogP contribution in [0.15, 0.2) is 0 Å². The molecule has 0 saturated carbocycles. The predicted octanol–water partition coefficient (Wildman–Crippen LogP) is 0.432. The highest BCUT2D eigenvalue weighted by molar-refractivity contribution is 5.70. The van der Waals surface area contributed by atoms with E-state index in [4.69, 9.17) is 14.2 Å². The topological polar surface area (TPSA) is 82.3 Å². The van der Waals surface area contributed by atoms with Gasteiger partial charge in [-0.3, -0.25) is 4.58 Å². The number of ether oxygens (including phenoxy) is 3. The van der Waals surface area contributed by atoms with Crippen LogP contribution in [0, 0.1) is 0 Å². The monoisotopic (exact) mass is 276 g/mol. The fourth-order valence-corrected chi connectivity index (χ4v) is 2.08. The van der Waals surface area contributed by atoms with E-state index in [2.05, 4.69) is 4.58 Å². The number of rotatable bonds is 3. The summed E-state index contributed by atoms with van der Waals surface area (Å²) in [5.74, 6) is -0.807. The molecule has 0 spiro atoms. The molecule has 1 saturated heterocycles. The maximum atomic E-state index is 10.7. The Labute approximate surface area is 113 Å². The number of carbonyl (C=O) groups excluding carboxylic acids is 1. The highest BCUT2D eigenvalue weighted by Gasteiger charge is 2.39. The van der Waals surface area contributed by atoms with E-state index >= 15 is 0 Å². The summed E-state index contributed by atoms with van der Waals surface area (Å²) in [5, 5.41) is 19.9. The van der Waals surface area contributed by atoms with Crippen molar-refractivity contribution >= 4 is 5.97 Å². The number of hydrogen-bond acceptors (Lipinski definition) is 5. The molecule has 1 rings (SSSR count). The summed E-state index contributed by atoms with van der Waals surface area (Å²) >= 11 is 0. The molecule has 1 heterocycles. The molecule has 19 heavy (non-hydrogen) atoms. The molecule has 0 unspecified atom stereocenters. The molecule has 6 nitrogen and oxygen atoms in total. The third-order valence-corrected chi connectivity index (χ3v) is 2.54. The lowest BCUT2D eigenvalue weighted by Gasteiger charge is -2.39. The zero-order valence-corrected chi connectivity index (χ0v) is 12.3. The van der Waals surface area contributed by atoms with Gasteiger partial charge in [0, 0.05) is 27.2 Å². The minimum absolute atomic E-state index is 0.00751. The van der Waals surface area contributed by atoms with Gasteiger partial charge in [-0.05, 0) is 13.8 Å². The van der Waals surface area contributed by atoms with Crippen molar-refractivity contribution in [1.82, 2.24) is 0 Å². The predicted molar refractivity (Wildman–Crippen MR) is 66.0 cm³/mol. The second-order valence-corrected chi connectivity index (χ2v) is 6.17. The molecule has 2 atom stereocenters. The lowest BCUT2D eigenvalue weighted by atomic mass is 10.1. The molecule has 1 N–H and O–H groups in total. The Morgan fingerprint density at radius 2 is 1.95 bits per heavy atom. The molecule has 0 aromatic rings. The van der Waals surface area contributed by atoms with Gasteiger partial charge in [0.15, 0.2) is 11.4 Å². The molecule has 1 fully saturated rings. The fraction of sp³-hybridized carbons (Fsp3) is 0.923. The van der Waals surface area contributed by atoms with E-state index in [0.717, 1.165) is 0 Å². The van der Waals surface area contributed by atoms with Gasteiger partial charge in [0.1, 0.15) is 6.42 Å². The summed E-state index contributed by atoms with van der Waals surface area (Å²) in [6, 6.07) is 0. The Balaban J connectivity index is 2.64. The van der Waals surface area contributed by atoms with Crippen molar-refractivity contribution in [1.29, 1.82) is 0 Å². The summed E-state index contributed by atoms with van der Waals surface area (Å²) in [4.78, 5) is 0. The zero-order chi connectivity index (χ0) is 14.7. The van der Waals surface area contributed by atoms with Crippen LogP contribution in [0.1, 0.15) is 47.5 Å². The van der Waals surface area contributed by atoms with Gasteiger partial charge in [0.2, 0.25) is 0 Å². The van der Waals surface area contributed by atoms with Crippen molar-refractivity contribution in [3.8, 4) is 0 Å².